The van der Waals surface area contributed by atoms with E-state index in [1.54, 1.807) is 0 Å². The molecular formula is C11H21O. The van der Waals surface area contributed by atoms with Gasteiger partial charge in [0.15, 0.2) is 0 Å². The summed E-state index contributed by atoms with van der Waals surface area (Å²) < 4.78 is 5.56. The minimum atomic E-state index is 0.901. The first-order valence-corrected chi connectivity index (χ1v) is 5.30. The van der Waals surface area contributed by atoms with Crippen molar-refractivity contribution in [2.45, 2.75) is 44.9 Å². The van der Waals surface area contributed by atoms with Gasteiger partial charge in [-0.25, -0.2) is 0 Å². The zero-order chi connectivity index (χ0) is 8.65. The van der Waals surface area contributed by atoms with E-state index in [9.17, 15) is 0 Å². The summed E-state index contributed by atoms with van der Waals surface area (Å²) in [7, 11) is 0. The van der Waals surface area contributed by atoms with Crippen LogP contribution in [0.5, 0.6) is 0 Å². The van der Waals surface area contributed by atoms with Gasteiger partial charge in [0.05, 0.1) is 0 Å². The molecule has 1 fully saturated rings. The van der Waals surface area contributed by atoms with Crippen LogP contribution in [0.4, 0.5) is 0 Å². The van der Waals surface area contributed by atoms with E-state index in [2.05, 4.69) is 6.92 Å². The Bertz CT molecular complexity index is 97.2. The topological polar surface area (TPSA) is 9.23 Å². The molecule has 71 valence electrons. The standard InChI is InChI=1S/C11H21O/c1-2-3-4-5-9-12-10-11-7-6-8-11/h11H,1-10H2. The van der Waals surface area contributed by atoms with Crippen LogP contribution in [0.1, 0.15) is 44.9 Å². The summed E-state index contributed by atoms with van der Waals surface area (Å²) >= 11 is 0. The molecule has 0 unspecified atom stereocenters. The number of ether oxygens (including phenoxy) is 1. The van der Waals surface area contributed by atoms with Gasteiger partial charge in [0.1, 0.15) is 0 Å². The van der Waals surface area contributed by atoms with Gasteiger partial charge in [-0.1, -0.05) is 32.6 Å². The third-order valence-corrected chi connectivity index (χ3v) is 2.62. The van der Waals surface area contributed by atoms with Gasteiger partial charge in [0.2, 0.25) is 0 Å². The lowest BCUT2D eigenvalue weighted by Crippen LogP contribution is -2.17. The molecule has 12 heavy (non-hydrogen) atoms. The fraction of sp³-hybridized carbons (Fsp3) is 0.909. The molecule has 1 aliphatic rings. The molecule has 1 radical (unpaired) electrons. The number of unbranched alkanes of at least 4 members (excludes halogenated alkanes) is 3. The monoisotopic (exact) mass is 169 g/mol. The summed E-state index contributed by atoms with van der Waals surface area (Å²) in [6, 6.07) is 0. The van der Waals surface area contributed by atoms with E-state index < -0.39 is 0 Å². The Balaban J connectivity index is 1.70. The van der Waals surface area contributed by atoms with Gasteiger partial charge < -0.3 is 4.74 Å². The second kappa shape index (κ2) is 6.47. The highest BCUT2D eigenvalue weighted by molar-refractivity contribution is 4.68. The Hall–Kier alpha value is -0.0400. The molecule has 0 heterocycles. The van der Waals surface area contributed by atoms with Crippen molar-refractivity contribution in [3.05, 3.63) is 6.92 Å². The van der Waals surface area contributed by atoms with Crippen LogP contribution in [0, 0.1) is 12.8 Å². The third-order valence-electron chi connectivity index (χ3n) is 2.62. The molecule has 0 N–H and O–H groups in total. The Morgan fingerprint density at radius 2 is 2.00 bits per heavy atom. The van der Waals surface area contributed by atoms with E-state index in [4.69, 9.17) is 4.74 Å². The molecule has 0 spiro atoms. The van der Waals surface area contributed by atoms with Crippen molar-refractivity contribution in [2.75, 3.05) is 13.2 Å². The van der Waals surface area contributed by atoms with Crippen molar-refractivity contribution in [3.8, 4) is 0 Å². The molecule has 0 atom stereocenters. The Morgan fingerprint density at radius 1 is 1.17 bits per heavy atom. The van der Waals surface area contributed by atoms with Gasteiger partial charge in [-0.05, 0) is 25.2 Å². The van der Waals surface area contributed by atoms with Crippen molar-refractivity contribution in [1.82, 2.24) is 0 Å². The fourth-order valence-electron chi connectivity index (χ4n) is 1.47. The first-order chi connectivity index (χ1) is 5.93. The smallest absolute Gasteiger partial charge is 0.0494 e. The van der Waals surface area contributed by atoms with Gasteiger partial charge >= 0.3 is 0 Å². The maximum absolute atomic E-state index is 5.56. The molecule has 0 aliphatic heterocycles. The molecule has 0 amide bonds. The summed E-state index contributed by atoms with van der Waals surface area (Å²) in [6.45, 7) is 5.80. The zero-order valence-electron chi connectivity index (χ0n) is 8.06. The molecular weight excluding hydrogens is 148 g/mol. The van der Waals surface area contributed by atoms with Crippen LogP contribution < -0.4 is 0 Å². The van der Waals surface area contributed by atoms with Crippen molar-refractivity contribution in [3.63, 3.8) is 0 Å². The summed E-state index contributed by atoms with van der Waals surface area (Å²) in [5, 5.41) is 0. The first-order valence-electron chi connectivity index (χ1n) is 5.30. The molecule has 0 saturated heterocycles. The summed E-state index contributed by atoms with van der Waals surface area (Å²) in [5.74, 6) is 0.901. The predicted molar refractivity (Wildman–Crippen MR) is 52.0 cm³/mol. The van der Waals surface area contributed by atoms with Gasteiger partial charge in [-0.3, -0.25) is 0 Å². The van der Waals surface area contributed by atoms with Crippen molar-refractivity contribution in [1.29, 1.82) is 0 Å². The Kier molecular flexibility index (Phi) is 5.42. The van der Waals surface area contributed by atoms with Gasteiger partial charge in [0, 0.05) is 13.2 Å². The maximum atomic E-state index is 5.56. The van der Waals surface area contributed by atoms with Crippen LogP contribution in [0.3, 0.4) is 0 Å². The molecule has 0 aromatic carbocycles. The highest BCUT2D eigenvalue weighted by Crippen LogP contribution is 2.26. The molecule has 1 nitrogen and oxygen atoms in total. The lowest BCUT2D eigenvalue weighted by molar-refractivity contribution is 0.0679. The minimum absolute atomic E-state index is 0.901. The average Bonchev–Trinajstić information content (AvgIpc) is 2.00. The second-order valence-electron chi connectivity index (χ2n) is 3.79. The Morgan fingerprint density at radius 3 is 2.58 bits per heavy atom. The highest BCUT2D eigenvalue weighted by atomic mass is 16.5. The average molecular weight is 169 g/mol. The molecule has 0 bridgehead atoms. The number of hydrogen-bond donors (Lipinski definition) is 0. The largest absolute Gasteiger partial charge is 0.381 e. The zero-order valence-corrected chi connectivity index (χ0v) is 8.06. The summed E-state index contributed by atoms with van der Waals surface area (Å²) in [6.07, 6.45) is 9.07. The predicted octanol–water partition coefficient (Wildman–Crippen LogP) is 3.20. The molecule has 1 heteroatoms. The molecule has 1 rings (SSSR count). The Labute approximate surface area is 76.5 Å². The first kappa shape index (κ1) is 10.0. The normalized spacial score (nSPS) is 17.8. The van der Waals surface area contributed by atoms with Gasteiger partial charge in [0.25, 0.3) is 0 Å². The van der Waals surface area contributed by atoms with E-state index in [-0.39, 0.29) is 0 Å². The van der Waals surface area contributed by atoms with Crippen molar-refractivity contribution in [2.24, 2.45) is 5.92 Å². The number of hydrogen-bond acceptors (Lipinski definition) is 1. The van der Waals surface area contributed by atoms with Crippen LogP contribution in [0.15, 0.2) is 0 Å². The fourth-order valence-corrected chi connectivity index (χ4v) is 1.47. The van der Waals surface area contributed by atoms with Crippen LogP contribution >= 0.6 is 0 Å². The third kappa shape index (κ3) is 4.10. The summed E-state index contributed by atoms with van der Waals surface area (Å²) in [4.78, 5) is 0. The van der Waals surface area contributed by atoms with Gasteiger partial charge in [-0.2, -0.15) is 0 Å². The van der Waals surface area contributed by atoms with E-state index in [1.807, 2.05) is 0 Å². The van der Waals surface area contributed by atoms with Crippen molar-refractivity contribution < 1.29 is 4.74 Å². The molecule has 0 aromatic heterocycles. The minimum Gasteiger partial charge on any atom is -0.381 e. The van der Waals surface area contributed by atoms with Crippen LogP contribution in [0.25, 0.3) is 0 Å². The van der Waals surface area contributed by atoms with E-state index in [0.717, 1.165) is 25.6 Å². The molecule has 0 aromatic rings. The summed E-state index contributed by atoms with van der Waals surface area (Å²) in [5.41, 5.74) is 0. The molecule has 1 aliphatic carbocycles. The SMILES string of the molecule is [CH2]CCCCCOCC1CCC1. The number of rotatable bonds is 7. The van der Waals surface area contributed by atoms with Crippen LogP contribution in [-0.2, 0) is 4.74 Å². The van der Waals surface area contributed by atoms with E-state index in [0.29, 0.717) is 0 Å². The van der Waals surface area contributed by atoms with E-state index in [1.165, 1.54) is 38.5 Å². The lowest BCUT2D eigenvalue weighted by Gasteiger charge is -2.24. The quantitative estimate of drug-likeness (QED) is 0.532. The lowest BCUT2D eigenvalue weighted by atomic mass is 9.86. The van der Waals surface area contributed by atoms with Crippen LogP contribution in [0.2, 0.25) is 0 Å². The van der Waals surface area contributed by atoms with E-state index >= 15 is 0 Å². The maximum Gasteiger partial charge on any atom is 0.0494 e. The van der Waals surface area contributed by atoms with Crippen molar-refractivity contribution >= 4 is 0 Å². The van der Waals surface area contributed by atoms with Crippen LogP contribution in [-0.4, -0.2) is 13.2 Å². The van der Waals surface area contributed by atoms with Gasteiger partial charge in [-0.15, -0.1) is 0 Å². The highest BCUT2D eigenvalue weighted by Gasteiger charge is 2.16. The molecule has 1 saturated carbocycles. The second-order valence-corrected chi connectivity index (χ2v) is 3.79.